The second-order valence-electron chi connectivity index (χ2n) is 6.73. The van der Waals surface area contributed by atoms with Gasteiger partial charge in [0.15, 0.2) is 0 Å². The van der Waals surface area contributed by atoms with Crippen LogP contribution in [-0.4, -0.2) is 4.57 Å². The van der Waals surface area contributed by atoms with E-state index in [9.17, 15) is 0 Å². The topological polar surface area (TPSA) is 4.93 Å². The quantitative estimate of drug-likeness (QED) is 0.369. The van der Waals surface area contributed by atoms with E-state index in [1.54, 1.807) is 0 Å². The van der Waals surface area contributed by atoms with Crippen LogP contribution in [0.1, 0.15) is 29.3 Å². The maximum atomic E-state index is 2.34. The van der Waals surface area contributed by atoms with E-state index < -0.39 is 0 Å². The molecule has 1 nitrogen and oxygen atoms in total. The smallest absolute Gasteiger partial charge is 0.0541 e. The van der Waals surface area contributed by atoms with Gasteiger partial charge in [-0.05, 0) is 43.7 Å². The molecule has 0 amide bonds. The molecule has 0 saturated carbocycles. The van der Waals surface area contributed by atoms with Crippen molar-refractivity contribution in [3.8, 4) is 5.69 Å². The fourth-order valence-electron chi connectivity index (χ4n) is 3.49. The first-order valence-corrected chi connectivity index (χ1v) is 9.34. The molecular weight excluding hydrogens is 326 g/mol. The van der Waals surface area contributed by atoms with Crippen molar-refractivity contribution in [1.29, 1.82) is 0 Å². The Morgan fingerprint density at radius 2 is 1.41 bits per heavy atom. The molecule has 0 radical (unpaired) electrons. The van der Waals surface area contributed by atoms with E-state index in [0.29, 0.717) is 0 Å². The van der Waals surface area contributed by atoms with Gasteiger partial charge in [0.2, 0.25) is 0 Å². The summed E-state index contributed by atoms with van der Waals surface area (Å²) in [5.41, 5.74) is 7.34. The fraction of sp³-hybridized carbons (Fsp3) is 0.0769. The van der Waals surface area contributed by atoms with Gasteiger partial charge in [-0.15, -0.1) is 0 Å². The van der Waals surface area contributed by atoms with Crippen molar-refractivity contribution in [2.75, 3.05) is 0 Å². The molecule has 27 heavy (non-hydrogen) atoms. The largest absolute Gasteiger partial charge is 0.309 e. The number of benzene rings is 3. The lowest BCUT2D eigenvalue weighted by molar-refractivity contribution is 1.10. The standard InChI is InChI=1S/C26H23N/c1-3-9-25-24(19-18-21-16-14-20(2)15-17-21)23-12-7-8-13-26(23)27(25)22-10-5-4-6-11-22/h3-19H,1-2H3/b9-3-,19-18+. The second-order valence-corrected chi connectivity index (χ2v) is 6.73. The molecular formula is C26H23N. The predicted octanol–water partition coefficient (Wildman–Crippen LogP) is 7.14. The molecule has 0 unspecified atom stereocenters. The number of para-hydroxylation sites is 2. The molecule has 4 rings (SSSR count). The molecule has 1 heteroatoms. The third kappa shape index (κ3) is 3.37. The Hall–Kier alpha value is -3.32. The van der Waals surface area contributed by atoms with Gasteiger partial charge in [-0.3, -0.25) is 0 Å². The van der Waals surface area contributed by atoms with E-state index in [4.69, 9.17) is 0 Å². The van der Waals surface area contributed by atoms with Gasteiger partial charge in [-0.25, -0.2) is 0 Å². The molecule has 0 N–H and O–H groups in total. The number of rotatable bonds is 4. The number of hydrogen-bond acceptors (Lipinski definition) is 0. The van der Waals surface area contributed by atoms with E-state index in [-0.39, 0.29) is 0 Å². The Labute approximate surface area is 160 Å². The summed E-state index contributed by atoms with van der Waals surface area (Å²) < 4.78 is 2.34. The van der Waals surface area contributed by atoms with E-state index in [0.717, 1.165) is 0 Å². The zero-order valence-corrected chi connectivity index (χ0v) is 15.8. The average Bonchev–Trinajstić information content (AvgIpc) is 3.02. The maximum absolute atomic E-state index is 2.34. The van der Waals surface area contributed by atoms with Crippen molar-refractivity contribution < 1.29 is 0 Å². The molecule has 0 aliphatic rings. The van der Waals surface area contributed by atoms with Crippen LogP contribution in [0.4, 0.5) is 0 Å². The number of nitrogens with zero attached hydrogens (tertiary/aromatic N) is 1. The summed E-state index contributed by atoms with van der Waals surface area (Å²) >= 11 is 0. The lowest BCUT2D eigenvalue weighted by atomic mass is 10.1. The summed E-state index contributed by atoms with van der Waals surface area (Å²) in [4.78, 5) is 0. The normalized spacial score (nSPS) is 11.8. The molecule has 0 fully saturated rings. The maximum Gasteiger partial charge on any atom is 0.0541 e. The Morgan fingerprint density at radius 3 is 2.15 bits per heavy atom. The molecule has 1 heterocycles. The minimum atomic E-state index is 1.18. The van der Waals surface area contributed by atoms with Crippen molar-refractivity contribution in [1.82, 2.24) is 4.57 Å². The van der Waals surface area contributed by atoms with Crippen molar-refractivity contribution in [2.24, 2.45) is 0 Å². The third-order valence-corrected chi connectivity index (χ3v) is 4.81. The van der Waals surface area contributed by atoms with E-state index in [1.807, 2.05) is 0 Å². The van der Waals surface area contributed by atoms with Crippen LogP contribution in [0, 0.1) is 6.92 Å². The van der Waals surface area contributed by atoms with Crippen molar-refractivity contribution in [3.63, 3.8) is 0 Å². The first kappa shape index (κ1) is 17.1. The van der Waals surface area contributed by atoms with Crippen LogP contribution < -0.4 is 0 Å². The minimum Gasteiger partial charge on any atom is -0.309 e. The highest BCUT2D eigenvalue weighted by Gasteiger charge is 2.14. The highest BCUT2D eigenvalue weighted by molar-refractivity contribution is 5.97. The van der Waals surface area contributed by atoms with Gasteiger partial charge in [0.25, 0.3) is 0 Å². The Bertz CT molecular complexity index is 1110. The zero-order valence-electron chi connectivity index (χ0n) is 15.8. The van der Waals surface area contributed by atoms with Gasteiger partial charge in [0.05, 0.1) is 11.2 Å². The first-order chi connectivity index (χ1) is 13.3. The number of fused-ring (bicyclic) bond motifs is 1. The third-order valence-electron chi connectivity index (χ3n) is 4.81. The highest BCUT2D eigenvalue weighted by Crippen LogP contribution is 2.32. The molecule has 0 saturated heterocycles. The molecule has 0 spiro atoms. The van der Waals surface area contributed by atoms with Crippen LogP contribution in [0.2, 0.25) is 0 Å². The molecule has 0 atom stereocenters. The summed E-state index contributed by atoms with van der Waals surface area (Å²) in [5, 5.41) is 1.26. The molecule has 0 aliphatic heterocycles. The molecule has 0 aliphatic carbocycles. The van der Waals surface area contributed by atoms with Crippen molar-refractivity contribution in [2.45, 2.75) is 13.8 Å². The summed E-state index contributed by atoms with van der Waals surface area (Å²) in [6, 6.07) is 27.8. The van der Waals surface area contributed by atoms with E-state index in [1.165, 1.54) is 39.0 Å². The van der Waals surface area contributed by atoms with Crippen LogP contribution in [0.3, 0.4) is 0 Å². The molecule has 4 aromatic rings. The fourth-order valence-corrected chi connectivity index (χ4v) is 3.49. The lowest BCUT2D eigenvalue weighted by Crippen LogP contribution is -1.96. The van der Waals surface area contributed by atoms with Crippen LogP contribution in [0.25, 0.3) is 34.8 Å². The number of aryl methyl sites for hydroxylation is 1. The molecule has 132 valence electrons. The summed E-state index contributed by atoms with van der Waals surface area (Å²) in [6.07, 6.45) is 8.74. The van der Waals surface area contributed by atoms with Crippen molar-refractivity contribution in [3.05, 3.63) is 107 Å². The van der Waals surface area contributed by atoms with Crippen LogP contribution in [-0.2, 0) is 0 Å². The van der Waals surface area contributed by atoms with Gasteiger partial charge < -0.3 is 4.57 Å². The SMILES string of the molecule is C/C=C\c1c(/C=C/c2ccc(C)cc2)c2ccccc2n1-c1ccccc1. The second kappa shape index (κ2) is 7.51. The number of aromatic nitrogens is 1. The summed E-state index contributed by atoms with van der Waals surface area (Å²) in [7, 11) is 0. The Morgan fingerprint density at radius 1 is 0.704 bits per heavy atom. The summed E-state index contributed by atoms with van der Waals surface area (Å²) in [5.74, 6) is 0. The van der Waals surface area contributed by atoms with E-state index >= 15 is 0 Å². The van der Waals surface area contributed by atoms with Gasteiger partial charge in [0.1, 0.15) is 0 Å². The molecule has 3 aromatic carbocycles. The van der Waals surface area contributed by atoms with Crippen LogP contribution in [0.15, 0.2) is 84.9 Å². The minimum absolute atomic E-state index is 1.18. The number of allylic oxidation sites excluding steroid dienone is 1. The van der Waals surface area contributed by atoms with Gasteiger partial charge >= 0.3 is 0 Å². The van der Waals surface area contributed by atoms with Crippen LogP contribution >= 0.6 is 0 Å². The Kier molecular flexibility index (Phi) is 4.76. The van der Waals surface area contributed by atoms with Gasteiger partial charge in [-0.2, -0.15) is 0 Å². The monoisotopic (exact) mass is 349 g/mol. The Balaban J connectivity index is 1.94. The molecule has 0 bridgehead atoms. The highest BCUT2D eigenvalue weighted by atomic mass is 15.0. The van der Waals surface area contributed by atoms with Gasteiger partial charge in [0, 0.05) is 16.6 Å². The molecule has 1 aromatic heterocycles. The zero-order chi connectivity index (χ0) is 18.6. The predicted molar refractivity (Wildman–Crippen MR) is 118 cm³/mol. The average molecular weight is 349 g/mol. The van der Waals surface area contributed by atoms with Crippen molar-refractivity contribution >= 4 is 29.1 Å². The van der Waals surface area contributed by atoms with Crippen LogP contribution in [0.5, 0.6) is 0 Å². The van der Waals surface area contributed by atoms with E-state index in [2.05, 4.69) is 122 Å². The lowest BCUT2D eigenvalue weighted by Gasteiger charge is -2.09. The number of hydrogen-bond donors (Lipinski definition) is 0. The summed E-state index contributed by atoms with van der Waals surface area (Å²) in [6.45, 7) is 4.19. The first-order valence-electron chi connectivity index (χ1n) is 9.34. The van der Waals surface area contributed by atoms with Gasteiger partial charge in [-0.1, -0.05) is 84.5 Å².